The lowest BCUT2D eigenvalue weighted by molar-refractivity contribution is 0.243. The number of H-pyrrole nitrogens is 1. The first-order valence-corrected chi connectivity index (χ1v) is 14.0. The molecule has 0 radical (unpaired) electrons. The molecule has 0 bridgehead atoms. The number of hydrogen-bond acceptors (Lipinski definition) is 0. The van der Waals surface area contributed by atoms with E-state index in [0.717, 1.165) is 0 Å². The maximum atomic E-state index is 3.70. The summed E-state index contributed by atoms with van der Waals surface area (Å²) < 4.78 is 0. The van der Waals surface area contributed by atoms with Crippen LogP contribution in [0.15, 0.2) is 66.7 Å². The first kappa shape index (κ1) is 25.5. The van der Waals surface area contributed by atoms with Crippen molar-refractivity contribution in [1.29, 1.82) is 0 Å². The van der Waals surface area contributed by atoms with Crippen molar-refractivity contribution in [2.45, 2.75) is 97.8 Å². The van der Waals surface area contributed by atoms with E-state index in [9.17, 15) is 0 Å². The summed E-state index contributed by atoms with van der Waals surface area (Å²) in [6.07, 6.45) is 8.52. The molecule has 1 heterocycles. The van der Waals surface area contributed by atoms with Crippen LogP contribution in [0.25, 0.3) is 21.8 Å². The fourth-order valence-corrected chi connectivity index (χ4v) is 6.73. The molecule has 4 rings (SSSR count). The monoisotopic (exact) mass is 467 g/mol. The van der Waals surface area contributed by atoms with Crippen molar-refractivity contribution in [2.24, 2.45) is 5.41 Å². The molecule has 0 fully saturated rings. The number of aromatic nitrogens is 1. The van der Waals surface area contributed by atoms with Crippen molar-refractivity contribution >= 4 is 21.8 Å². The second-order valence-electron chi connectivity index (χ2n) is 11.4. The Morgan fingerprint density at radius 3 is 1.86 bits per heavy atom. The highest BCUT2D eigenvalue weighted by molar-refractivity contribution is 6.07. The lowest BCUT2D eigenvalue weighted by Gasteiger charge is -2.38. The first-order valence-electron chi connectivity index (χ1n) is 14.0. The highest BCUT2D eigenvalue weighted by atomic mass is 14.7. The summed E-state index contributed by atoms with van der Waals surface area (Å²) in [6.45, 7) is 14.3. The topological polar surface area (TPSA) is 15.8 Å². The van der Waals surface area contributed by atoms with Crippen LogP contribution in [0.1, 0.15) is 109 Å². The normalized spacial score (nSPS) is 14.9. The van der Waals surface area contributed by atoms with Gasteiger partial charge in [-0.2, -0.15) is 0 Å². The van der Waals surface area contributed by atoms with Gasteiger partial charge in [0.25, 0.3) is 0 Å². The van der Waals surface area contributed by atoms with E-state index in [0.29, 0.717) is 5.92 Å². The number of aromatic amines is 1. The molecule has 0 aliphatic rings. The van der Waals surface area contributed by atoms with Gasteiger partial charge in [0.1, 0.15) is 0 Å². The van der Waals surface area contributed by atoms with Gasteiger partial charge in [0.15, 0.2) is 0 Å². The van der Waals surface area contributed by atoms with Gasteiger partial charge in [-0.3, -0.25) is 0 Å². The minimum Gasteiger partial charge on any atom is -0.355 e. The van der Waals surface area contributed by atoms with Gasteiger partial charge in [-0.1, -0.05) is 103 Å². The minimum atomic E-state index is 0.224. The molecule has 0 amide bonds. The van der Waals surface area contributed by atoms with Gasteiger partial charge in [-0.15, -0.1) is 0 Å². The lowest BCUT2D eigenvalue weighted by atomic mass is 9.66. The van der Waals surface area contributed by atoms with E-state index in [1.54, 1.807) is 0 Å². The second kappa shape index (κ2) is 10.6. The molecule has 186 valence electrons. The number of rotatable bonds is 11. The predicted molar refractivity (Wildman–Crippen MR) is 155 cm³/mol. The van der Waals surface area contributed by atoms with Crippen molar-refractivity contribution in [3.63, 3.8) is 0 Å². The molecule has 3 aromatic carbocycles. The fourth-order valence-electron chi connectivity index (χ4n) is 6.73. The predicted octanol–water partition coefficient (Wildman–Crippen LogP) is 10.5. The maximum Gasteiger partial charge on any atom is 0.0465 e. The van der Waals surface area contributed by atoms with Crippen LogP contribution >= 0.6 is 0 Å². The van der Waals surface area contributed by atoms with Crippen LogP contribution in [-0.4, -0.2) is 4.98 Å². The van der Waals surface area contributed by atoms with E-state index in [2.05, 4.69) is 113 Å². The molecule has 1 heteroatoms. The Morgan fingerprint density at radius 2 is 1.26 bits per heavy atom. The first-order chi connectivity index (χ1) is 16.9. The van der Waals surface area contributed by atoms with Gasteiger partial charge >= 0.3 is 0 Å². The van der Waals surface area contributed by atoms with Gasteiger partial charge in [0, 0.05) is 27.7 Å². The zero-order valence-corrected chi connectivity index (χ0v) is 22.9. The fraction of sp³-hybridized carbons (Fsp3) is 0.471. The van der Waals surface area contributed by atoms with Gasteiger partial charge in [-0.05, 0) is 77.5 Å². The number of nitrogens with one attached hydrogen (secondary N) is 1. The number of benzene rings is 3. The largest absolute Gasteiger partial charge is 0.355 e. The standard InChI is InChI=1S/C34H45N/c1-7-20-33(5,10-4)32(25-14-12-11-13-15-25)26-16-18-30-28(23-26)29-24-27(17-19-31(29)35-30)34(6,21-8-2)22-9-3/h11-19,23-24,32,35H,7-10,20-22H2,1-6H3. The van der Waals surface area contributed by atoms with E-state index in [4.69, 9.17) is 0 Å². The van der Waals surface area contributed by atoms with E-state index >= 15 is 0 Å². The average molecular weight is 468 g/mol. The molecule has 0 aliphatic heterocycles. The van der Waals surface area contributed by atoms with E-state index in [1.807, 2.05) is 0 Å². The Labute approximate surface area is 213 Å². The van der Waals surface area contributed by atoms with Gasteiger partial charge in [0.2, 0.25) is 0 Å². The zero-order chi connectivity index (χ0) is 25.1. The third-order valence-electron chi connectivity index (χ3n) is 8.72. The highest BCUT2D eigenvalue weighted by Crippen LogP contribution is 2.47. The molecular weight excluding hydrogens is 422 g/mol. The second-order valence-corrected chi connectivity index (χ2v) is 11.4. The van der Waals surface area contributed by atoms with Gasteiger partial charge in [0.05, 0.1) is 0 Å². The summed E-state index contributed by atoms with van der Waals surface area (Å²) in [5.41, 5.74) is 7.33. The zero-order valence-electron chi connectivity index (χ0n) is 22.9. The van der Waals surface area contributed by atoms with Gasteiger partial charge < -0.3 is 4.98 Å². The highest BCUT2D eigenvalue weighted by Gasteiger charge is 2.34. The Morgan fingerprint density at radius 1 is 0.657 bits per heavy atom. The minimum absolute atomic E-state index is 0.224. The number of fused-ring (bicyclic) bond motifs is 3. The van der Waals surface area contributed by atoms with Crippen molar-refractivity contribution in [3.05, 3.63) is 83.4 Å². The Balaban J connectivity index is 1.90. The average Bonchev–Trinajstić information content (AvgIpc) is 3.23. The van der Waals surface area contributed by atoms with Crippen LogP contribution in [0.4, 0.5) is 0 Å². The molecule has 0 saturated carbocycles. The molecule has 2 atom stereocenters. The van der Waals surface area contributed by atoms with E-state index in [-0.39, 0.29) is 10.8 Å². The lowest BCUT2D eigenvalue weighted by Crippen LogP contribution is -2.26. The SMILES string of the molecule is CCCC(C)(CCC)c1ccc2[nH]c3ccc(C(c4ccccc4)C(C)(CC)CCC)cc3c2c1. The van der Waals surface area contributed by atoms with Crippen LogP contribution in [0.5, 0.6) is 0 Å². The molecule has 2 unspecified atom stereocenters. The molecule has 1 aromatic heterocycles. The Bertz CT molecular complexity index is 1240. The van der Waals surface area contributed by atoms with Crippen LogP contribution in [0, 0.1) is 5.41 Å². The molecular formula is C34H45N. The van der Waals surface area contributed by atoms with Crippen LogP contribution in [0.2, 0.25) is 0 Å². The maximum absolute atomic E-state index is 3.70. The van der Waals surface area contributed by atoms with Crippen LogP contribution < -0.4 is 0 Å². The molecule has 1 nitrogen and oxygen atoms in total. The summed E-state index contributed by atoms with van der Waals surface area (Å²) in [5.74, 6) is 0.386. The van der Waals surface area contributed by atoms with E-state index < -0.39 is 0 Å². The van der Waals surface area contributed by atoms with Crippen molar-refractivity contribution in [3.8, 4) is 0 Å². The summed E-state index contributed by atoms with van der Waals surface area (Å²) in [7, 11) is 0. The van der Waals surface area contributed by atoms with Crippen LogP contribution in [-0.2, 0) is 5.41 Å². The molecule has 4 aromatic rings. The molecule has 0 aliphatic carbocycles. The van der Waals surface area contributed by atoms with E-state index in [1.165, 1.54) is 83.4 Å². The van der Waals surface area contributed by atoms with Gasteiger partial charge in [-0.25, -0.2) is 0 Å². The third kappa shape index (κ3) is 4.92. The molecule has 1 N–H and O–H groups in total. The number of hydrogen-bond donors (Lipinski definition) is 1. The molecule has 35 heavy (non-hydrogen) atoms. The summed E-state index contributed by atoms with van der Waals surface area (Å²) >= 11 is 0. The summed E-state index contributed by atoms with van der Waals surface area (Å²) in [4.78, 5) is 3.70. The Kier molecular flexibility index (Phi) is 7.74. The van der Waals surface area contributed by atoms with Crippen molar-refractivity contribution in [2.75, 3.05) is 0 Å². The molecule has 0 saturated heterocycles. The summed E-state index contributed by atoms with van der Waals surface area (Å²) in [6, 6.07) is 25.5. The Hall–Kier alpha value is -2.54. The third-order valence-corrected chi connectivity index (χ3v) is 8.72. The quantitative estimate of drug-likeness (QED) is 0.226. The summed E-state index contributed by atoms with van der Waals surface area (Å²) in [5, 5.41) is 2.74. The molecule has 0 spiro atoms. The van der Waals surface area contributed by atoms with Crippen molar-refractivity contribution in [1.82, 2.24) is 4.98 Å². The van der Waals surface area contributed by atoms with Crippen molar-refractivity contribution < 1.29 is 0 Å². The van der Waals surface area contributed by atoms with Crippen LogP contribution in [0.3, 0.4) is 0 Å². The smallest absolute Gasteiger partial charge is 0.0465 e.